The van der Waals surface area contributed by atoms with Crippen LogP contribution in [0, 0.1) is 6.92 Å². The summed E-state index contributed by atoms with van der Waals surface area (Å²) in [6.45, 7) is 9.54. The van der Waals surface area contributed by atoms with Gasteiger partial charge in [0.15, 0.2) is 0 Å². The summed E-state index contributed by atoms with van der Waals surface area (Å²) < 4.78 is 10.4. The third-order valence-corrected chi connectivity index (χ3v) is 4.17. The number of anilines is 1. The zero-order chi connectivity index (χ0) is 22.3. The SMILES string of the molecule is CCOC(=O)c1ccc(Cl)nc1NC(CNC(=O)OC(C)(C)C)c1cccc(C)c1. The molecule has 0 saturated carbocycles. The molecule has 1 atom stereocenters. The van der Waals surface area contributed by atoms with Crippen molar-refractivity contribution in [2.24, 2.45) is 0 Å². The molecular formula is C22H28ClN3O4. The molecule has 0 bridgehead atoms. The van der Waals surface area contributed by atoms with Crippen molar-refractivity contribution in [1.29, 1.82) is 0 Å². The normalized spacial score (nSPS) is 12.1. The molecule has 0 fully saturated rings. The van der Waals surface area contributed by atoms with Crippen LogP contribution in [0.25, 0.3) is 0 Å². The molecule has 1 aromatic heterocycles. The van der Waals surface area contributed by atoms with Crippen LogP contribution in [0.2, 0.25) is 5.15 Å². The van der Waals surface area contributed by atoms with Crippen LogP contribution in [0.5, 0.6) is 0 Å². The Kier molecular flexibility index (Phi) is 8.06. The van der Waals surface area contributed by atoms with Crippen molar-refractivity contribution in [2.75, 3.05) is 18.5 Å². The number of halogens is 1. The first-order chi connectivity index (χ1) is 14.1. The largest absolute Gasteiger partial charge is 0.462 e. The predicted molar refractivity (Wildman–Crippen MR) is 117 cm³/mol. The van der Waals surface area contributed by atoms with Gasteiger partial charge in [0.1, 0.15) is 22.1 Å². The van der Waals surface area contributed by atoms with E-state index in [0.29, 0.717) is 0 Å². The number of aryl methyl sites for hydroxylation is 1. The maximum absolute atomic E-state index is 12.3. The number of benzene rings is 1. The molecule has 0 aliphatic carbocycles. The van der Waals surface area contributed by atoms with Crippen molar-refractivity contribution in [2.45, 2.75) is 46.3 Å². The Balaban J connectivity index is 2.31. The fourth-order valence-electron chi connectivity index (χ4n) is 2.72. The number of ether oxygens (including phenoxy) is 2. The van der Waals surface area contributed by atoms with Crippen molar-refractivity contribution < 1.29 is 19.1 Å². The molecule has 2 aromatic rings. The van der Waals surface area contributed by atoms with E-state index in [2.05, 4.69) is 15.6 Å². The van der Waals surface area contributed by atoms with Crippen LogP contribution in [-0.2, 0) is 9.47 Å². The molecule has 30 heavy (non-hydrogen) atoms. The summed E-state index contributed by atoms with van der Waals surface area (Å²) in [4.78, 5) is 28.8. The maximum atomic E-state index is 12.3. The van der Waals surface area contributed by atoms with Gasteiger partial charge in [0, 0.05) is 6.54 Å². The highest BCUT2D eigenvalue weighted by atomic mass is 35.5. The fraction of sp³-hybridized carbons (Fsp3) is 0.409. The molecule has 0 aliphatic heterocycles. The van der Waals surface area contributed by atoms with Gasteiger partial charge < -0.3 is 20.1 Å². The topological polar surface area (TPSA) is 89.5 Å². The van der Waals surface area contributed by atoms with E-state index < -0.39 is 23.7 Å². The van der Waals surface area contributed by atoms with Crippen molar-refractivity contribution in [3.8, 4) is 0 Å². The average Bonchev–Trinajstić information content (AvgIpc) is 2.64. The van der Waals surface area contributed by atoms with E-state index in [4.69, 9.17) is 21.1 Å². The quantitative estimate of drug-likeness (QED) is 0.477. The Morgan fingerprint density at radius 2 is 1.93 bits per heavy atom. The lowest BCUT2D eigenvalue weighted by molar-refractivity contribution is 0.0513. The highest BCUT2D eigenvalue weighted by Gasteiger charge is 2.21. The van der Waals surface area contributed by atoms with E-state index in [-0.39, 0.29) is 29.7 Å². The van der Waals surface area contributed by atoms with Gasteiger partial charge in [-0.2, -0.15) is 0 Å². The lowest BCUT2D eigenvalue weighted by Crippen LogP contribution is -2.36. The van der Waals surface area contributed by atoms with Crippen LogP contribution in [0.1, 0.15) is 55.2 Å². The number of hydrogen-bond donors (Lipinski definition) is 2. The number of esters is 1. The number of aromatic nitrogens is 1. The first-order valence-corrected chi connectivity index (χ1v) is 10.1. The molecule has 1 unspecified atom stereocenters. The van der Waals surface area contributed by atoms with E-state index in [0.717, 1.165) is 11.1 Å². The highest BCUT2D eigenvalue weighted by Crippen LogP contribution is 2.24. The van der Waals surface area contributed by atoms with Gasteiger partial charge in [-0.15, -0.1) is 0 Å². The van der Waals surface area contributed by atoms with Crippen molar-refractivity contribution >= 4 is 29.5 Å². The maximum Gasteiger partial charge on any atom is 0.407 e. The third kappa shape index (κ3) is 7.22. The Labute approximate surface area is 182 Å². The second-order valence-electron chi connectivity index (χ2n) is 7.74. The number of hydrogen-bond acceptors (Lipinski definition) is 6. The molecule has 0 radical (unpaired) electrons. The summed E-state index contributed by atoms with van der Waals surface area (Å²) in [5.74, 6) is -0.231. The average molecular weight is 434 g/mol. The molecule has 0 saturated heterocycles. The molecule has 1 aromatic carbocycles. The Hall–Kier alpha value is -2.80. The van der Waals surface area contributed by atoms with E-state index in [1.165, 1.54) is 6.07 Å². The Morgan fingerprint density at radius 1 is 1.20 bits per heavy atom. The molecule has 8 heteroatoms. The summed E-state index contributed by atoms with van der Waals surface area (Å²) in [6, 6.07) is 10.5. The smallest absolute Gasteiger partial charge is 0.407 e. The molecule has 2 N–H and O–H groups in total. The first-order valence-electron chi connectivity index (χ1n) is 9.72. The molecule has 2 rings (SSSR count). The van der Waals surface area contributed by atoms with Crippen molar-refractivity contribution in [3.05, 3.63) is 58.2 Å². The molecular weight excluding hydrogens is 406 g/mol. The number of nitrogens with one attached hydrogen (secondary N) is 2. The summed E-state index contributed by atoms with van der Waals surface area (Å²) in [7, 11) is 0. The summed E-state index contributed by atoms with van der Waals surface area (Å²) in [5, 5.41) is 6.22. The van der Waals surface area contributed by atoms with Crippen molar-refractivity contribution in [1.82, 2.24) is 10.3 Å². The second kappa shape index (κ2) is 10.3. The number of amides is 1. The van der Waals surface area contributed by atoms with Crippen LogP contribution in [-0.4, -0.2) is 35.8 Å². The number of nitrogens with zero attached hydrogens (tertiary/aromatic N) is 1. The summed E-state index contributed by atoms with van der Waals surface area (Å²) in [5.41, 5.74) is 1.61. The lowest BCUT2D eigenvalue weighted by Gasteiger charge is -2.24. The molecule has 0 aliphatic rings. The zero-order valence-electron chi connectivity index (χ0n) is 17.9. The van der Waals surface area contributed by atoms with Crippen LogP contribution >= 0.6 is 11.6 Å². The fourth-order valence-corrected chi connectivity index (χ4v) is 2.87. The number of alkyl carbamates (subject to hydrolysis) is 1. The van der Waals surface area contributed by atoms with Crippen LogP contribution < -0.4 is 10.6 Å². The molecule has 7 nitrogen and oxygen atoms in total. The van der Waals surface area contributed by atoms with Gasteiger partial charge in [-0.1, -0.05) is 41.4 Å². The summed E-state index contributed by atoms with van der Waals surface area (Å²) >= 11 is 6.06. The van der Waals surface area contributed by atoms with Gasteiger partial charge in [0.2, 0.25) is 0 Å². The molecule has 0 spiro atoms. The number of carbonyl (C=O) groups excluding carboxylic acids is 2. The second-order valence-corrected chi connectivity index (χ2v) is 8.13. The molecule has 1 amide bonds. The van der Waals surface area contributed by atoms with Gasteiger partial charge in [0.25, 0.3) is 0 Å². The van der Waals surface area contributed by atoms with Gasteiger partial charge in [-0.05, 0) is 52.3 Å². The third-order valence-electron chi connectivity index (χ3n) is 3.96. The van der Waals surface area contributed by atoms with Gasteiger partial charge in [-0.25, -0.2) is 14.6 Å². The van der Waals surface area contributed by atoms with E-state index in [1.54, 1.807) is 33.8 Å². The van der Waals surface area contributed by atoms with Gasteiger partial charge in [-0.3, -0.25) is 0 Å². The number of carbonyl (C=O) groups is 2. The number of pyridine rings is 1. The summed E-state index contributed by atoms with van der Waals surface area (Å²) in [6.07, 6.45) is -0.536. The molecule has 1 heterocycles. The minimum Gasteiger partial charge on any atom is -0.462 e. The Morgan fingerprint density at radius 3 is 2.57 bits per heavy atom. The van der Waals surface area contributed by atoms with Gasteiger partial charge in [0.05, 0.1) is 12.6 Å². The standard InChI is InChI=1S/C22H28ClN3O4/c1-6-29-20(27)16-10-11-18(23)26-19(16)25-17(15-9-7-8-14(2)12-15)13-24-21(28)30-22(3,4)5/h7-12,17H,6,13H2,1-5H3,(H,24,28)(H,25,26). The van der Waals surface area contributed by atoms with E-state index >= 15 is 0 Å². The minimum absolute atomic E-state index is 0.203. The van der Waals surface area contributed by atoms with E-state index in [9.17, 15) is 9.59 Å². The first kappa shape index (κ1) is 23.5. The van der Waals surface area contributed by atoms with Crippen LogP contribution in [0.3, 0.4) is 0 Å². The molecule has 162 valence electrons. The highest BCUT2D eigenvalue weighted by molar-refractivity contribution is 6.29. The minimum atomic E-state index is -0.609. The van der Waals surface area contributed by atoms with Crippen LogP contribution in [0.4, 0.5) is 10.6 Å². The van der Waals surface area contributed by atoms with Crippen LogP contribution in [0.15, 0.2) is 36.4 Å². The lowest BCUT2D eigenvalue weighted by atomic mass is 10.0. The zero-order valence-corrected chi connectivity index (χ0v) is 18.7. The Bertz CT molecular complexity index is 896. The van der Waals surface area contributed by atoms with Crippen molar-refractivity contribution in [3.63, 3.8) is 0 Å². The predicted octanol–water partition coefficient (Wildman–Crippen LogP) is 4.90. The van der Waals surface area contributed by atoms with E-state index in [1.807, 2.05) is 31.2 Å². The van der Waals surface area contributed by atoms with Gasteiger partial charge >= 0.3 is 12.1 Å². The monoisotopic (exact) mass is 433 g/mol. The number of rotatable bonds is 7.